The highest BCUT2D eigenvalue weighted by atomic mass is 35.5. The van der Waals surface area contributed by atoms with E-state index in [9.17, 15) is 13.2 Å². The highest BCUT2D eigenvalue weighted by Gasteiger charge is 2.18. The van der Waals surface area contributed by atoms with E-state index >= 15 is 0 Å². The lowest BCUT2D eigenvalue weighted by molar-refractivity contribution is -0.122. The van der Waals surface area contributed by atoms with E-state index in [2.05, 4.69) is 10.0 Å². The molecule has 0 fully saturated rings. The zero-order valence-electron chi connectivity index (χ0n) is 18.3. The van der Waals surface area contributed by atoms with Gasteiger partial charge in [-0.25, -0.2) is 8.42 Å². The number of aryl methyl sites for hydroxylation is 3. The molecule has 0 aliphatic heterocycles. The van der Waals surface area contributed by atoms with Gasteiger partial charge < -0.3 is 10.1 Å². The Labute approximate surface area is 193 Å². The van der Waals surface area contributed by atoms with Gasteiger partial charge in [-0.15, -0.1) is 0 Å². The minimum atomic E-state index is -3.81. The van der Waals surface area contributed by atoms with Crippen LogP contribution in [0.25, 0.3) is 0 Å². The van der Waals surface area contributed by atoms with Crippen LogP contribution >= 0.6 is 11.6 Å². The van der Waals surface area contributed by atoms with Gasteiger partial charge in [0.25, 0.3) is 15.9 Å². The van der Waals surface area contributed by atoms with Crippen molar-refractivity contribution in [3.8, 4) is 5.75 Å². The van der Waals surface area contributed by atoms with Crippen LogP contribution in [0.15, 0.2) is 65.6 Å². The van der Waals surface area contributed by atoms with Crippen molar-refractivity contribution < 1.29 is 17.9 Å². The van der Waals surface area contributed by atoms with E-state index in [1.165, 1.54) is 24.3 Å². The molecule has 168 valence electrons. The van der Waals surface area contributed by atoms with Crippen LogP contribution < -0.4 is 14.8 Å². The molecule has 0 aromatic heterocycles. The topological polar surface area (TPSA) is 84.5 Å². The fraction of sp³-hybridized carbons (Fsp3) is 0.208. The van der Waals surface area contributed by atoms with E-state index in [4.69, 9.17) is 16.3 Å². The number of ether oxygens (including phenoxy) is 1. The van der Waals surface area contributed by atoms with Crippen molar-refractivity contribution in [2.45, 2.75) is 38.7 Å². The molecule has 0 saturated carbocycles. The first-order chi connectivity index (χ1) is 15.0. The van der Waals surface area contributed by atoms with Gasteiger partial charge in [-0.05, 0) is 81.3 Å². The van der Waals surface area contributed by atoms with Gasteiger partial charge in [0.1, 0.15) is 5.75 Å². The maximum atomic E-state index is 12.7. The van der Waals surface area contributed by atoms with Gasteiger partial charge in [-0.1, -0.05) is 35.4 Å². The molecule has 0 radical (unpaired) electrons. The van der Waals surface area contributed by atoms with Crippen LogP contribution in [0, 0.1) is 20.8 Å². The normalized spacial score (nSPS) is 12.2. The molecule has 0 spiro atoms. The summed E-state index contributed by atoms with van der Waals surface area (Å²) in [6.07, 6.45) is -0.729. The van der Waals surface area contributed by atoms with Gasteiger partial charge in [0.15, 0.2) is 6.10 Å². The summed E-state index contributed by atoms with van der Waals surface area (Å²) in [5.41, 5.74) is 3.68. The molecule has 0 heterocycles. The predicted molar refractivity (Wildman–Crippen MR) is 128 cm³/mol. The maximum Gasteiger partial charge on any atom is 0.265 e. The molecule has 0 unspecified atom stereocenters. The Balaban J connectivity index is 1.67. The molecule has 1 atom stereocenters. The average molecular weight is 473 g/mol. The number of halogens is 1. The number of hydrogen-bond donors (Lipinski definition) is 2. The lowest BCUT2D eigenvalue weighted by atomic mass is 10.1. The number of sulfonamides is 1. The minimum Gasteiger partial charge on any atom is -0.481 e. The molecule has 6 nitrogen and oxygen atoms in total. The van der Waals surface area contributed by atoms with Crippen LogP contribution in [-0.4, -0.2) is 20.4 Å². The molecule has 0 aliphatic rings. The third kappa shape index (κ3) is 5.81. The molecular weight excluding hydrogens is 448 g/mol. The van der Waals surface area contributed by atoms with Gasteiger partial charge in [-0.3, -0.25) is 9.52 Å². The Kier molecular flexibility index (Phi) is 7.11. The lowest BCUT2D eigenvalue weighted by Crippen LogP contribution is -2.30. The summed E-state index contributed by atoms with van der Waals surface area (Å²) in [6, 6.07) is 16.6. The smallest absolute Gasteiger partial charge is 0.265 e. The van der Waals surface area contributed by atoms with Crippen LogP contribution in [0.2, 0.25) is 5.02 Å². The van der Waals surface area contributed by atoms with Crippen LogP contribution in [-0.2, 0) is 14.8 Å². The number of rotatable bonds is 7. The first kappa shape index (κ1) is 23.6. The third-order valence-electron chi connectivity index (χ3n) is 4.88. The molecule has 8 heteroatoms. The zero-order chi connectivity index (χ0) is 23.5. The lowest BCUT2D eigenvalue weighted by Gasteiger charge is -2.17. The summed E-state index contributed by atoms with van der Waals surface area (Å²) in [5, 5.41) is 3.17. The van der Waals surface area contributed by atoms with Crippen molar-refractivity contribution in [1.29, 1.82) is 0 Å². The first-order valence-electron chi connectivity index (χ1n) is 9.99. The Morgan fingerprint density at radius 3 is 2.28 bits per heavy atom. The van der Waals surface area contributed by atoms with Gasteiger partial charge >= 0.3 is 0 Å². The molecule has 32 heavy (non-hydrogen) atoms. The van der Waals surface area contributed by atoms with Crippen LogP contribution in [0.3, 0.4) is 0 Å². The molecule has 0 aliphatic carbocycles. The molecule has 1 amide bonds. The van der Waals surface area contributed by atoms with Crippen molar-refractivity contribution in [3.05, 3.63) is 82.4 Å². The molecule has 3 aromatic rings. The Morgan fingerprint density at radius 2 is 1.62 bits per heavy atom. The Morgan fingerprint density at radius 1 is 0.938 bits per heavy atom. The number of hydrogen-bond acceptors (Lipinski definition) is 4. The summed E-state index contributed by atoms with van der Waals surface area (Å²) < 4.78 is 33.7. The fourth-order valence-corrected chi connectivity index (χ4v) is 4.34. The predicted octanol–water partition coefficient (Wildman–Crippen LogP) is 5.47. The second kappa shape index (κ2) is 9.63. The number of anilines is 2. The summed E-state index contributed by atoms with van der Waals surface area (Å²) in [6.45, 7) is 7.35. The fourth-order valence-electron chi connectivity index (χ4n) is 3.04. The average Bonchev–Trinajstić information content (AvgIpc) is 2.73. The van der Waals surface area contributed by atoms with E-state index in [-0.39, 0.29) is 10.8 Å². The van der Waals surface area contributed by atoms with Crippen LogP contribution in [0.1, 0.15) is 23.6 Å². The zero-order valence-corrected chi connectivity index (χ0v) is 19.8. The number of nitrogens with one attached hydrogen (secondary N) is 2. The van der Waals surface area contributed by atoms with Crippen molar-refractivity contribution in [3.63, 3.8) is 0 Å². The van der Waals surface area contributed by atoms with Crippen molar-refractivity contribution in [2.24, 2.45) is 0 Å². The number of benzene rings is 3. The third-order valence-corrected chi connectivity index (χ3v) is 6.50. The largest absolute Gasteiger partial charge is 0.481 e. The minimum absolute atomic E-state index is 0.0643. The van der Waals surface area contributed by atoms with Gasteiger partial charge in [0, 0.05) is 10.7 Å². The van der Waals surface area contributed by atoms with E-state index in [1.807, 2.05) is 32.0 Å². The van der Waals surface area contributed by atoms with E-state index in [1.54, 1.807) is 32.0 Å². The standard InChI is InChI=1S/C24H25ClN2O4S/c1-15-5-12-23(17(3)13-15)31-18(4)24(28)26-20-8-10-21(11-9-20)32(29,30)27-22-14-19(25)7-6-16(22)2/h5-14,18,27H,1-4H3,(H,26,28)/t18-/m1/s1. The Bertz CT molecular complexity index is 1240. The molecule has 3 aromatic carbocycles. The molecule has 0 bridgehead atoms. The van der Waals surface area contributed by atoms with E-state index in [0.29, 0.717) is 22.1 Å². The number of carbonyl (C=O) groups excluding carboxylic acids is 1. The monoisotopic (exact) mass is 472 g/mol. The summed E-state index contributed by atoms with van der Waals surface area (Å²) in [4.78, 5) is 12.6. The molecular formula is C24H25ClN2O4S. The molecule has 2 N–H and O–H groups in total. The van der Waals surface area contributed by atoms with Gasteiger partial charge in [-0.2, -0.15) is 0 Å². The van der Waals surface area contributed by atoms with Gasteiger partial charge in [0.2, 0.25) is 0 Å². The van der Waals surface area contributed by atoms with Crippen molar-refractivity contribution in [1.82, 2.24) is 0 Å². The maximum absolute atomic E-state index is 12.7. The highest BCUT2D eigenvalue weighted by Crippen LogP contribution is 2.24. The number of carbonyl (C=O) groups is 1. The second-order valence-corrected chi connectivity index (χ2v) is 9.73. The summed E-state index contributed by atoms with van der Waals surface area (Å²) in [7, 11) is -3.81. The highest BCUT2D eigenvalue weighted by molar-refractivity contribution is 7.92. The van der Waals surface area contributed by atoms with Crippen LogP contribution in [0.4, 0.5) is 11.4 Å². The molecule has 3 rings (SSSR count). The Hall–Kier alpha value is -3.03. The van der Waals surface area contributed by atoms with Crippen molar-refractivity contribution >= 4 is 38.9 Å². The second-order valence-electron chi connectivity index (χ2n) is 7.61. The summed E-state index contributed by atoms with van der Waals surface area (Å²) in [5.74, 6) is 0.301. The van der Waals surface area contributed by atoms with E-state index in [0.717, 1.165) is 16.7 Å². The van der Waals surface area contributed by atoms with E-state index < -0.39 is 16.1 Å². The quantitative estimate of drug-likeness (QED) is 0.477. The number of amides is 1. The first-order valence-corrected chi connectivity index (χ1v) is 11.8. The molecule has 0 saturated heterocycles. The summed E-state index contributed by atoms with van der Waals surface area (Å²) >= 11 is 5.97. The van der Waals surface area contributed by atoms with Crippen LogP contribution in [0.5, 0.6) is 5.75 Å². The van der Waals surface area contributed by atoms with Crippen molar-refractivity contribution in [2.75, 3.05) is 10.0 Å². The SMILES string of the molecule is Cc1ccc(O[C@H](C)C(=O)Nc2ccc(S(=O)(=O)Nc3cc(Cl)ccc3C)cc2)c(C)c1. The van der Waals surface area contributed by atoms with Gasteiger partial charge in [0.05, 0.1) is 10.6 Å².